The summed E-state index contributed by atoms with van der Waals surface area (Å²) in [6, 6.07) is 6.18. The van der Waals surface area contributed by atoms with Gasteiger partial charge in [0.2, 0.25) is 0 Å². The number of benzene rings is 1. The lowest BCUT2D eigenvalue weighted by Crippen LogP contribution is -2.46. The van der Waals surface area contributed by atoms with E-state index in [9.17, 15) is 19.5 Å². The molecular formula is C34H47N3O4. The fraction of sp³-hybridized carbons (Fsp3) is 0.618. The standard InChI is InChI=1S/C34H47N3O4/c1-20-28(31(39)35-27-17-25(18-27)32(40)41)21(2)37(19-22-10-8-7-9-11-22)29(20)23-14-24(30(38)36-33(3,4)5)16-26(15-23)34(6)12-13-34/h14-16,22,25,27H,7-13,17-19H2,1-6H3,(H,35,39)(H,36,38)(H,40,41)/t25-,27-. The number of carboxylic acid groups (broad SMARTS) is 1. The van der Waals surface area contributed by atoms with Crippen LogP contribution in [-0.2, 0) is 16.8 Å². The first-order valence-electron chi connectivity index (χ1n) is 15.5. The third kappa shape index (κ3) is 6.24. The maximum absolute atomic E-state index is 13.7. The molecule has 0 spiro atoms. The second-order valence-electron chi connectivity index (χ2n) is 14.3. The first-order chi connectivity index (χ1) is 19.3. The van der Waals surface area contributed by atoms with Crippen LogP contribution in [-0.4, -0.2) is 39.0 Å². The number of rotatable bonds is 8. The number of nitrogens with zero attached hydrogens (tertiary/aromatic N) is 1. The predicted octanol–water partition coefficient (Wildman–Crippen LogP) is 6.53. The zero-order chi connectivity index (χ0) is 29.7. The van der Waals surface area contributed by atoms with Crippen molar-refractivity contribution in [2.24, 2.45) is 11.8 Å². The van der Waals surface area contributed by atoms with Crippen molar-refractivity contribution in [3.8, 4) is 11.3 Å². The SMILES string of the molecule is Cc1c(C(=O)N[C@H]2C[C@H](C(=O)O)C2)c(C)n(CC2CCCCC2)c1-c1cc(C(=O)NC(C)(C)C)cc(C2(C)CC2)c1. The Morgan fingerprint density at radius 3 is 2.24 bits per heavy atom. The summed E-state index contributed by atoms with van der Waals surface area (Å²) in [5, 5.41) is 15.5. The van der Waals surface area contributed by atoms with Crippen molar-refractivity contribution < 1.29 is 19.5 Å². The van der Waals surface area contributed by atoms with Gasteiger partial charge in [-0.2, -0.15) is 0 Å². The van der Waals surface area contributed by atoms with Crippen molar-refractivity contribution in [3.63, 3.8) is 0 Å². The molecule has 3 aliphatic rings. The molecule has 41 heavy (non-hydrogen) atoms. The van der Waals surface area contributed by atoms with E-state index in [0.29, 0.717) is 29.9 Å². The van der Waals surface area contributed by atoms with Crippen LogP contribution in [0.3, 0.4) is 0 Å². The zero-order valence-electron chi connectivity index (χ0n) is 25.7. The van der Waals surface area contributed by atoms with E-state index in [2.05, 4.69) is 34.3 Å². The van der Waals surface area contributed by atoms with Crippen LogP contribution in [0.15, 0.2) is 18.2 Å². The lowest BCUT2D eigenvalue weighted by atomic mass is 9.80. The Morgan fingerprint density at radius 2 is 1.66 bits per heavy atom. The fourth-order valence-electron chi connectivity index (χ4n) is 6.79. The van der Waals surface area contributed by atoms with Gasteiger partial charge < -0.3 is 20.3 Å². The highest BCUT2D eigenvalue weighted by Gasteiger charge is 2.40. The number of carbonyl (C=O) groups is 3. The number of nitrogens with one attached hydrogen (secondary N) is 2. The van der Waals surface area contributed by atoms with Crippen LogP contribution >= 0.6 is 0 Å². The van der Waals surface area contributed by atoms with Crippen LogP contribution in [0.25, 0.3) is 11.3 Å². The van der Waals surface area contributed by atoms with Gasteiger partial charge in [0.1, 0.15) is 0 Å². The fourth-order valence-corrected chi connectivity index (χ4v) is 6.79. The van der Waals surface area contributed by atoms with E-state index in [4.69, 9.17) is 0 Å². The summed E-state index contributed by atoms with van der Waals surface area (Å²) < 4.78 is 2.33. The van der Waals surface area contributed by atoms with E-state index in [1.54, 1.807) is 0 Å². The minimum Gasteiger partial charge on any atom is -0.481 e. The Balaban J connectivity index is 1.57. The molecule has 3 saturated carbocycles. The van der Waals surface area contributed by atoms with Gasteiger partial charge in [-0.05, 0) is 119 Å². The third-order valence-corrected chi connectivity index (χ3v) is 9.64. The van der Waals surface area contributed by atoms with Crippen LogP contribution < -0.4 is 10.6 Å². The van der Waals surface area contributed by atoms with Crippen molar-refractivity contribution in [1.29, 1.82) is 0 Å². The maximum atomic E-state index is 13.7. The zero-order valence-corrected chi connectivity index (χ0v) is 25.7. The lowest BCUT2D eigenvalue weighted by Gasteiger charge is -2.32. The molecule has 0 radical (unpaired) electrons. The Morgan fingerprint density at radius 1 is 1.00 bits per heavy atom. The van der Waals surface area contributed by atoms with Crippen molar-refractivity contribution in [1.82, 2.24) is 15.2 Å². The monoisotopic (exact) mass is 561 g/mol. The van der Waals surface area contributed by atoms with Gasteiger partial charge in [0.25, 0.3) is 11.8 Å². The molecule has 2 aromatic rings. The second kappa shape index (κ2) is 11.0. The summed E-state index contributed by atoms with van der Waals surface area (Å²) in [5.41, 5.74) is 6.10. The van der Waals surface area contributed by atoms with Gasteiger partial charge in [0.05, 0.1) is 17.2 Å². The van der Waals surface area contributed by atoms with E-state index in [-0.39, 0.29) is 34.7 Å². The number of carbonyl (C=O) groups excluding carboxylic acids is 2. The van der Waals surface area contributed by atoms with Gasteiger partial charge in [-0.15, -0.1) is 0 Å². The number of carboxylic acids is 1. The first-order valence-corrected chi connectivity index (χ1v) is 15.5. The highest BCUT2D eigenvalue weighted by Crippen LogP contribution is 2.49. The minimum atomic E-state index is -0.792. The van der Waals surface area contributed by atoms with E-state index in [1.807, 2.05) is 40.7 Å². The van der Waals surface area contributed by atoms with Gasteiger partial charge in [-0.3, -0.25) is 14.4 Å². The quantitative estimate of drug-likeness (QED) is 0.341. The average molecular weight is 562 g/mol. The molecule has 1 aromatic heterocycles. The van der Waals surface area contributed by atoms with Gasteiger partial charge in [0.15, 0.2) is 0 Å². The number of aromatic nitrogens is 1. The lowest BCUT2D eigenvalue weighted by molar-refractivity contribution is -0.145. The number of hydrogen-bond donors (Lipinski definition) is 3. The molecule has 5 rings (SSSR count). The van der Waals surface area contributed by atoms with E-state index in [1.165, 1.54) is 37.7 Å². The summed E-state index contributed by atoms with van der Waals surface area (Å²) in [6.07, 6.45) is 9.29. The molecule has 2 amide bonds. The molecule has 0 unspecified atom stereocenters. The molecule has 0 saturated heterocycles. The molecule has 222 valence electrons. The third-order valence-electron chi connectivity index (χ3n) is 9.64. The van der Waals surface area contributed by atoms with Gasteiger partial charge in [0, 0.05) is 29.4 Å². The van der Waals surface area contributed by atoms with Gasteiger partial charge in [-0.25, -0.2) is 0 Å². The minimum absolute atomic E-state index is 0.0711. The van der Waals surface area contributed by atoms with Crippen LogP contribution in [0.5, 0.6) is 0 Å². The van der Waals surface area contributed by atoms with Crippen LogP contribution in [0, 0.1) is 25.7 Å². The molecular weight excluding hydrogens is 514 g/mol. The highest BCUT2D eigenvalue weighted by molar-refractivity contribution is 6.00. The van der Waals surface area contributed by atoms with Crippen molar-refractivity contribution >= 4 is 17.8 Å². The Hall–Kier alpha value is -3.09. The van der Waals surface area contributed by atoms with E-state index in [0.717, 1.165) is 41.9 Å². The highest BCUT2D eigenvalue weighted by atomic mass is 16.4. The molecule has 7 heteroatoms. The predicted molar refractivity (Wildman–Crippen MR) is 161 cm³/mol. The molecule has 0 bridgehead atoms. The Labute approximate surface area is 244 Å². The summed E-state index contributed by atoms with van der Waals surface area (Å²) in [6.45, 7) is 13.2. The van der Waals surface area contributed by atoms with Crippen LogP contribution in [0.2, 0.25) is 0 Å². The molecule has 3 aliphatic carbocycles. The smallest absolute Gasteiger partial charge is 0.306 e. The van der Waals surface area contributed by atoms with E-state index >= 15 is 0 Å². The molecule has 0 atom stereocenters. The van der Waals surface area contributed by atoms with E-state index < -0.39 is 5.97 Å². The molecule has 7 nitrogen and oxygen atoms in total. The molecule has 3 N–H and O–H groups in total. The molecule has 0 aliphatic heterocycles. The topological polar surface area (TPSA) is 100 Å². The normalized spacial score (nSPS) is 22.1. The first kappa shape index (κ1) is 29.4. The van der Waals surface area contributed by atoms with Crippen molar-refractivity contribution in [3.05, 3.63) is 46.1 Å². The molecule has 3 fully saturated rings. The van der Waals surface area contributed by atoms with Gasteiger partial charge >= 0.3 is 5.97 Å². The number of hydrogen-bond acceptors (Lipinski definition) is 3. The van der Waals surface area contributed by atoms with Crippen molar-refractivity contribution in [2.75, 3.05) is 0 Å². The van der Waals surface area contributed by atoms with Crippen molar-refractivity contribution in [2.45, 2.75) is 123 Å². The largest absolute Gasteiger partial charge is 0.481 e. The second-order valence-corrected chi connectivity index (χ2v) is 14.3. The van der Waals surface area contributed by atoms with Crippen LogP contribution in [0.4, 0.5) is 0 Å². The molecule has 1 heterocycles. The number of amides is 2. The summed E-state index contributed by atoms with van der Waals surface area (Å²) in [5.74, 6) is -0.828. The Kier molecular flexibility index (Phi) is 7.86. The summed E-state index contributed by atoms with van der Waals surface area (Å²) >= 11 is 0. The maximum Gasteiger partial charge on any atom is 0.306 e. The van der Waals surface area contributed by atoms with Crippen LogP contribution in [0.1, 0.15) is 123 Å². The Bertz CT molecular complexity index is 1350. The van der Waals surface area contributed by atoms with Gasteiger partial charge in [-0.1, -0.05) is 26.2 Å². The average Bonchev–Trinajstić information content (AvgIpc) is 3.57. The summed E-state index contributed by atoms with van der Waals surface area (Å²) in [7, 11) is 0. The summed E-state index contributed by atoms with van der Waals surface area (Å²) in [4.78, 5) is 38.4. The molecule has 1 aromatic carbocycles. The number of aliphatic carboxylic acids is 1.